The van der Waals surface area contributed by atoms with Gasteiger partial charge in [0.25, 0.3) is 0 Å². The van der Waals surface area contributed by atoms with E-state index in [0.29, 0.717) is 12.2 Å². The lowest BCUT2D eigenvalue weighted by Crippen LogP contribution is -1.95. The number of hydrogen-bond acceptors (Lipinski definition) is 2. The van der Waals surface area contributed by atoms with Crippen molar-refractivity contribution in [3.05, 3.63) is 12.2 Å². The molecule has 2 N–H and O–H groups in total. The molecule has 0 saturated carbocycles. The summed E-state index contributed by atoms with van der Waals surface area (Å²) < 4.78 is 0. The van der Waals surface area contributed by atoms with Crippen LogP contribution in [0.4, 0.5) is 0 Å². The van der Waals surface area contributed by atoms with Crippen LogP contribution in [0.5, 0.6) is 0 Å². The van der Waals surface area contributed by atoms with Crippen LogP contribution in [0.1, 0.15) is 111 Å². The Kier molecular flexibility index (Phi) is 22.5. The van der Waals surface area contributed by atoms with Crippen LogP contribution in [-0.4, -0.2) is 22.2 Å². The molecule has 0 aromatic rings. The zero-order valence-electron chi connectivity index (χ0n) is 17.3. The molecule has 0 aromatic carbocycles. The van der Waals surface area contributed by atoms with Gasteiger partial charge in [0.1, 0.15) is 0 Å². The molecule has 0 atom stereocenters. The van der Waals surface area contributed by atoms with Crippen LogP contribution in [-0.2, 0) is 9.59 Å². The number of aliphatic carboxylic acids is 2. The monoisotopic (exact) mass is 370 g/mol. The Hall–Kier alpha value is -1.32. The normalized spacial score (nSPS) is 10.8. The smallest absolute Gasteiger partial charge is 0.328 e. The largest absolute Gasteiger partial charge is 0.478 e. The van der Waals surface area contributed by atoms with E-state index in [1.54, 1.807) is 0 Å². The molecule has 0 radical (unpaired) electrons. The Bertz CT molecular complexity index is 318. The third-order valence-corrected chi connectivity index (χ3v) is 4.47. The number of carboxylic acid groups (broad SMARTS) is 2. The fraction of sp³-hybridized carbons (Fsp3) is 0.818. The molecule has 0 amide bonds. The number of carboxylic acids is 2. The van der Waals surface area contributed by atoms with Gasteiger partial charge in [0.2, 0.25) is 0 Å². The number of rotatable bonds is 16. The van der Waals surface area contributed by atoms with Crippen LogP contribution in [0.25, 0.3) is 0 Å². The molecule has 0 fully saturated rings. The van der Waals surface area contributed by atoms with E-state index >= 15 is 0 Å². The van der Waals surface area contributed by atoms with Gasteiger partial charge >= 0.3 is 11.9 Å². The molecule has 4 heteroatoms. The van der Waals surface area contributed by atoms with Gasteiger partial charge in [-0.05, 0) is 5.92 Å². The third kappa shape index (κ3) is 27.5. The molecule has 0 unspecified atom stereocenters. The van der Waals surface area contributed by atoms with E-state index in [4.69, 9.17) is 10.2 Å². The first-order valence-electron chi connectivity index (χ1n) is 10.6. The van der Waals surface area contributed by atoms with Crippen LogP contribution >= 0.6 is 0 Å². The van der Waals surface area contributed by atoms with Crippen LogP contribution in [0.15, 0.2) is 12.2 Å². The van der Waals surface area contributed by atoms with Crippen molar-refractivity contribution in [3.8, 4) is 0 Å². The van der Waals surface area contributed by atoms with E-state index in [1.807, 2.05) is 0 Å². The summed E-state index contributed by atoms with van der Waals surface area (Å²) in [6.45, 7) is 7.04. The van der Waals surface area contributed by atoms with Gasteiger partial charge < -0.3 is 10.2 Å². The van der Waals surface area contributed by atoms with Gasteiger partial charge in [-0.3, -0.25) is 0 Å². The van der Waals surface area contributed by atoms with Crippen molar-refractivity contribution in [2.45, 2.75) is 111 Å². The van der Waals surface area contributed by atoms with Gasteiger partial charge in [-0.25, -0.2) is 9.59 Å². The molecule has 0 aromatic heterocycles. The van der Waals surface area contributed by atoms with Gasteiger partial charge in [-0.1, -0.05) is 111 Å². The summed E-state index contributed by atoms with van der Waals surface area (Å²) in [5.74, 6) is -1.54. The molecular formula is C22H42O4. The summed E-state index contributed by atoms with van der Waals surface area (Å²) in [5.41, 5.74) is 0. The quantitative estimate of drug-likeness (QED) is 0.230. The molecule has 0 aliphatic rings. The fourth-order valence-corrected chi connectivity index (χ4v) is 2.83. The molecule has 0 spiro atoms. The van der Waals surface area contributed by atoms with Crippen LogP contribution < -0.4 is 0 Å². The summed E-state index contributed by atoms with van der Waals surface area (Å²) >= 11 is 0. The molecule has 4 nitrogen and oxygen atoms in total. The van der Waals surface area contributed by atoms with Crippen molar-refractivity contribution >= 4 is 11.9 Å². The maximum atomic E-state index is 9.55. The molecule has 0 bridgehead atoms. The molecule has 26 heavy (non-hydrogen) atoms. The van der Waals surface area contributed by atoms with Crippen molar-refractivity contribution in [3.63, 3.8) is 0 Å². The van der Waals surface area contributed by atoms with Gasteiger partial charge in [-0.15, -0.1) is 0 Å². The summed E-state index contributed by atoms with van der Waals surface area (Å²) in [5, 5.41) is 15.6. The van der Waals surface area contributed by atoms with Gasteiger partial charge in [0.15, 0.2) is 0 Å². The number of carbonyl (C=O) groups is 2. The van der Waals surface area contributed by atoms with Crippen LogP contribution in [0.2, 0.25) is 0 Å². The molecule has 0 aliphatic heterocycles. The zero-order chi connectivity index (χ0) is 20.0. The predicted octanol–water partition coefficient (Wildman–Crippen LogP) is 6.84. The number of hydrogen-bond donors (Lipinski definition) is 2. The summed E-state index contributed by atoms with van der Waals surface area (Å²) in [7, 11) is 0. The van der Waals surface area contributed by atoms with Crippen molar-refractivity contribution in [2.75, 3.05) is 0 Å². The molecule has 0 rings (SSSR count). The third-order valence-electron chi connectivity index (χ3n) is 4.47. The Morgan fingerprint density at radius 2 is 0.962 bits per heavy atom. The Labute approximate surface area is 161 Å². The lowest BCUT2D eigenvalue weighted by atomic mass is 9.96. The molecule has 154 valence electrons. The van der Waals surface area contributed by atoms with E-state index in [-0.39, 0.29) is 0 Å². The molecule has 0 saturated heterocycles. The summed E-state index contributed by atoms with van der Waals surface area (Å²) in [6, 6.07) is 0. The van der Waals surface area contributed by atoms with E-state index in [1.165, 1.54) is 89.9 Å². The summed E-state index contributed by atoms with van der Waals surface area (Å²) in [4.78, 5) is 19.1. The highest BCUT2D eigenvalue weighted by atomic mass is 16.4. The first kappa shape index (κ1) is 26.9. The van der Waals surface area contributed by atoms with Crippen molar-refractivity contribution in [1.82, 2.24) is 0 Å². The maximum Gasteiger partial charge on any atom is 0.328 e. The highest BCUT2D eigenvalue weighted by molar-refractivity contribution is 5.89. The molecule has 0 aliphatic carbocycles. The van der Waals surface area contributed by atoms with Crippen LogP contribution in [0, 0.1) is 5.92 Å². The second-order valence-corrected chi connectivity index (χ2v) is 7.23. The predicted molar refractivity (Wildman–Crippen MR) is 110 cm³/mol. The molecule has 0 heterocycles. The topological polar surface area (TPSA) is 74.6 Å². The van der Waals surface area contributed by atoms with Crippen molar-refractivity contribution in [2.24, 2.45) is 5.92 Å². The average Bonchev–Trinajstić information content (AvgIpc) is 2.60. The minimum absolute atomic E-state index is 0.558. The highest BCUT2D eigenvalue weighted by Gasteiger charge is 2.01. The Balaban J connectivity index is 0. The fourth-order valence-electron chi connectivity index (χ4n) is 2.83. The minimum atomic E-state index is -1.26. The van der Waals surface area contributed by atoms with Crippen LogP contribution in [0.3, 0.4) is 0 Å². The number of unbranched alkanes of at least 4 members (excludes halogenated alkanes) is 10. The van der Waals surface area contributed by atoms with E-state index in [9.17, 15) is 9.59 Å². The Morgan fingerprint density at radius 1 is 0.654 bits per heavy atom. The standard InChI is InChI=1S/C18H38.C4H4O4/c1-4-6-8-10-12-14-16-18(3)17-15-13-11-9-7-5-2;5-3(6)1-2-4(7)8/h18H,4-17H2,1-3H3;1-2H,(H,5,6)(H,7,8)/b;2-1-. The first-order chi connectivity index (χ1) is 12.4. The van der Waals surface area contributed by atoms with E-state index in [0.717, 1.165) is 5.92 Å². The first-order valence-corrected chi connectivity index (χ1v) is 10.6. The molecular weight excluding hydrogens is 328 g/mol. The highest BCUT2D eigenvalue weighted by Crippen LogP contribution is 2.18. The Morgan fingerprint density at radius 3 is 1.27 bits per heavy atom. The zero-order valence-corrected chi connectivity index (χ0v) is 17.3. The maximum absolute atomic E-state index is 9.55. The second kappa shape index (κ2) is 21.7. The van der Waals surface area contributed by atoms with Gasteiger partial charge in [0.05, 0.1) is 0 Å². The SMILES string of the molecule is CCCCCCCCC(C)CCCCCCCC.O=C(O)/C=C\C(=O)O. The van der Waals surface area contributed by atoms with Crippen molar-refractivity contribution < 1.29 is 19.8 Å². The average molecular weight is 371 g/mol. The summed E-state index contributed by atoms with van der Waals surface area (Å²) in [6.07, 6.45) is 21.4. The van der Waals surface area contributed by atoms with E-state index < -0.39 is 11.9 Å². The minimum Gasteiger partial charge on any atom is -0.478 e. The lowest BCUT2D eigenvalue weighted by Gasteiger charge is -2.10. The van der Waals surface area contributed by atoms with Gasteiger partial charge in [0, 0.05) is 12.2 Å². The second-order valence-electron chi connectivity index (χ2n) is 7.23. The van der Waals surface area contributed by atoms with Crippen molar-refractivity contribution in [1.29, 1.82) is 0 Å². The van der Waals surface area contributed by atoms with E-state index in [2.05, 4.69) is 20.8 Å². The lowest BCUT2D eigenvalue weighted by molar-refractivity contribution is -0.134. The van der Waals surface area contributed by atoms with Gasteiger partial charge in [-0.2, -0.15) is 0 Å².